The van der Waals surface area contributed by atoms with E-state index in [1.165, 1.54) is 12.3 Å². The van der Waals surface area contributed by atoms with E-state index in [1.54, 1.807) is 31.2 Å². The van der Waals surface area contributed by atoms with Crippen molar-refractivity contribution in [2.45, 2.75) is 31.7 Å². The van der Waals surface area contributed by atoms with Gasteiger partial charge in [0.25, 0.3) is 5.92 Å². The van der Waals surface area contributed by atoms with Gasteiger partial charge in [-0.15, -0.1) is 12.4 Å². The molecule has 2 saturated carbocycles. The van der Waals surface area contributed by atoms with Crippen LogP contribution in [0.25, 0.3) is 11.1 Å². The number of alkyl halides is 2. The van der Waals surface area contributed by atoms with E-state index < -0.39 is 23.8 Å². The maximum Gasteiger partial charge on any atom is 0.254 e. The molecule has 1 aromatic carbocycles. The summed E-state index contributed by atoms with van der Waals surface area (Å²) in [4.78, 5) is 12.4. The Morgan fingerprint density at radius 2 is 1.86 bits per heavy atom. The first kappa shape index (κ1) is 21.7. The molecule has 0 radical (unpaired) electrons. The molecule has 4 rings (SSSR count). The number of pyridine rings is 1. The highest BCUT2D eigenvalue weighted by atomic mass is 35.5. The minimum atomic E-state index is -2.57. The van der Waals surface area contributed by atoms with Crippen LogP contribution in [0.3, 0.4) is 0 Å². The van der Waals surface area contributed by atoms with Crippen LogP contribution < -0.4 is 15.8 Å². The van der Waals surface area contributed by atoms with Crippen LogP contribution in [0.5, 0.6) is 0 Å². The smallest absolute Gasteiger partial charge is 0.254 e. The number of benzene rings is 1. The van der Waals surface area contributed by atoms with Crippen molar-refractivity contribution in [2.75, 3.05) is 5.32 Å². The van der Waals surface area contributed by atoms with Crippen LogP contribution in [0.1, 0.15) is 18.5 Å². The number of nitrogens with zero attached hydrogens (tertiary/aromatic N) is 1. The van der Waals surface area contributed by atoms with Crippen molar-refractivity contribution < 1.29 is 18.3 Å². The summed E-state index contributed by atoms with van der Waals surface area (Å²) in [5, 5.41) is 15.0. The summed E-state index contributed by atoms with van der Waals surface area (Å²) >= 11 is 6.22. The Morgan fingerprint density at radius 1 is 1.28 bits per heavy atom. The second-order valence-corrected chi connectivity index (χ2v) is 8.07. The summed E-state index contributed by atoms with van der Waals surface area (Å²) in [7, 11) is 0. The van der Waals surface area contributed by atoms with Crippen molar-refractivity contribution in [3.8, 4) is 11.1 Å². The lowest BCUT2D eigenvalue weighted by atomic mass is 9.94. The van der Waals surface area contributed by atoms with Gasteiger partial charge in [0.1, 0.15) is 0 Å². The van der Waals surface area contributed by atoms with E-state index >= 15 is 0 Å². The zero-order valence-corrected chi connectivity index (χ0v) is 17.1. The van der Waals surface area contributed by atoms with E-state index in [2.05, 4.69) is 5.32 Å². The van der Waals surface area contributed by atoms with Crippen molar-refractivity contribution in [3.05, 3.63) is 52.5 Å². The molecule has 9 heteroatoms. The summed E-state index contributed by atoms with van der Waals surface area (Å²) in [5.41, 5.74) is 8.39. The zero-order chi connectivity index (χ0) is 20.2. The summed E-state index contributed by atoms with van der Waals surface area (Å²) < 4.78 is 27.4. The second-order valence-electron chi connectivity index (χ2n) is 7.66. The van der Waals surface area contributed by atoms with Gasteiger partial charge in [-0.05, 0) is 36.5 Å². The molecule has 29 heavy (non-hydrogen) atoms. The van der Waals surface area contributed by atoms with Crippen molar-refractivity contribution in [1.82, 2.24) is 0 Å². The summed E-state index contributed by atoms with van der Waals surface area (Å²) in [6.07, 6.45) is 1.94. The number of anilines is 1. The Bertz CT molecular complexity index is 926. The number of nitrogens with two attached hydrogens (primary N) is 1. The lowest BCUT2D eigenvalue weighted by Crippen LogP contribution is -2.42. The molecule has 2 aliphatic carbocycles. The molecule has 1 heterocycles. The van der Waals surface area contributed by atoms with E-state index in [-0.39, 0.29) is 24.2 Å². The van der Waals surface area contributed by atoms with Gasteiger partial charge in [0.2, 0.25) is 5.91 Å². The number of carbonyl (C=O) groups is 1. The van der Waals surface area contributed by atoms with Crippen LogP contribution in [0.2, 0.25) is 5.02 Å². The first-order valence-electron chi connectivity index (χ1n) is 9.13. The lowest BCUT2D eigenvalue weighted by Gasteiger charge is -2.21. The molecule has 0 aliphatic heterocycles. The van der Waals surface area contributed by atoms with Crippen LogP contribution in [-0.4, -0.2) is 17.9 Å². The van der Waals surface area contributed by atoms with Crippen molar-refractivity contribution in [3.63, 3.8) is 0 Å². The van der Waals surface area contributed by atoms with Gasteiger partial charge in [0.15, 0.2) is 11.9 Å². The van der Waals surface area contributed by atoms with Gasteiger partial charge >= 0.3 is 0 Å². The van der Waals surface area contributed by atoms with Crippen LogP contribution in [0.4, 0.5) is 14.5 Å². The van der Waals surface area contributed by atoms with Gasteiger partial charge in [-0.25, -0.2) is 8.78 Å². The van der Waals surface area contributed by atoms with Gasteiger partial charge in [0.05, 0.1) is 16.6 Å². The molecule has 0 bridgehead atoms. The third kappa shape index (κ3) is 3.79. The first-order chi connectivity index (χ1) is 13.2. The number of amides is 1. The summed E-state index contributed by atoms with van der Waals surface area (Å²) in [6, 6.07) is 7.60. The quantitative estimate of drug-likeness (QED) is 0.554. The van der Waals surface area contributed by atoms with Crippen molar-refractivity contribution >= 4 is 35.6 Å². The second kappa shape index (κ2) is 7.70. The van der Waals surface area contributed by atoms with Gasteiger partial charge < -0.3 is 16.3 Å². The van der Waals surface area contributed by atoms with E-state index in [1.807, 2.05) is 0 Å². The number of nitrogens with one attached hydrogen (secondary N) is 1. The van der Waals surface area contributed by atoms with E-state index in [0.717, 1.165) is 10.3 Å². The van der Waals surface area contributed by atoms with E-state index in [9.17, 15) is 18.8 Å². The Labute approximate surface area is 178 Å². The fourth-order valence-electron chi connectivity index (χ4n) is 4.26. The Hall–Kier alpha value is -1.96. The van der Waals surface area contributed by atoms with E-state index in [4.69, 9.17) is 17.3 Å². The average Bonchev–Trinajstić information content (AvgIpc) is 3.01. The maximum atomic E-state index is 13.3. The Balaban J connectivity index is 0.00000240. The number of hydrogen-bond donors (Lipinski definition) is 2. The monoisotopic (exact) mass is 443 g/mol. The minimum Gasteiger partial charge on any atom is -0.618 e. The predicted octanol–water partition coefficient (Wildman–Crippen LogP) is 3.93. The molecule has 2 aromatic rings. The van der Waals surface area contributed by atoms with Crippen LogP contribution in [0, 0.1) is 29.9 Å². The molecular formula is C20H21Cl2F2N3O2. The fourth-order valence-corrected chi connectivity index (χ4v) is 4.57. The molecule has 2 aliphatic rings. The molecule has 1 amide bonds. The molecule has 1 unspecified atom stereocenters. The third-order valence-corrected chi connectivity index (χ3v) is 6.33. The minimum absolute atomic E-state index is 0. The van der Waals surface area contributed by atoms with Crippen LogP contribution in [0.15, 0.2) is 36.5 Å². The molecule has 0 saturated heterocycles. The first-order valence-corrected chi connectivity index (χ1v) is 9.51. The number of aromatic nitrogens is 1. The van der Waals surface area contributed by atoms with Crippen molar-refractivity contribution in [2.24, 2.45) is 23.5 Å². The highest BCUT2D eigenvalue weighted by molar-refractivity contribution is 6.33. The maximum absolute atomic E-state index is 13.3. The normalized spacial score (nSPS) is 24.9. The average molecular weight is 444 g/mol. The van der Waals surface area contributed by atoms with Crippen LogP contribution >= 0.6 is 24.0 Å². The summed E-state index contributed by atoms with van der Waals surface area (Å²) in [6.45, 7) is 1.68. The molecule has 1 aromatic heterocycles. The number of carbonyl (C=O) groups excluding carboxylic acids is 1. The SMILES string of the molecule is Cc1c(-c2ccc(NC(=O)C(N)[C@@H]3C[C@@H]4[C@H](C3)C4(F)F)cc2)c(Cl)cc[n+]1[O-].Cl. The number of fused-ring (bicyclic) bond motifs is 1. The van der Waals surface area contributed by atoms with Crippen LogP contribution in [-0.2, 0) is 4.79 Å². The summed E-state index contributed by atoms with van der Waals surface area (Å²) in [5.74, 6) is -4.39. The highest BCUT2D eigenvalue weighted by Gasteiger charge is 2.72. The van der Waals surface area contributed by atoms with E-state index in [0.29, 0.717) is 34.8 Å². The zero-order valence-electron chi connectivity index (χ0n) is 15.6. The molecule has 2 fully saturated rings. The van der Waals surface area contributed by atoms with Crippen molar-refractivity contribution in [1.29, 1.82) is 0 Å². The third-order valence-electron chi connectivity index (χ3n) is 6.02. The number of halogens is 4. The lowest BCUT2D eigenvalue weighted by molar-refractivity contribution is -0.611. The molecule has 3 N–H and O–H groups in total. The number of hydrogen-bond acceptors (Lipinski definition) is 3. The highest BCUT2D eigenvalue weighted by Crippen LogP contribution is 2.66. The Morgan fingerprint density at radius 3 is 2.45 bits per heavy atom. The van der Waals surface area contributed by atoms with Gasteiger partial charge in [-0.1, -0.05) is 23.7 Å². The molecule has 156 valence electrons. The fraction of sp³-hybridized carbons (Fsp3) is 0.400. The van der Waals surface area contributed by atoms with Gasteiger partial charge in [0, 0.05) is 30.5 Å². The Kier molecular flexibility index (Phi) is 5.77. The largest absolute Gasteiger partial charge is 0.618 e. The molecule has 4 atom stereocenters. The molecule has 5 nitrogen and oxygen atoms in total. The topological polar surface area (TPSA) is 82.1 Å². The molecule has 0 spiro atoms. The standard InChI is InChI=1S/C20H20ClF2N3O2.ClH/c1-10-17(16(21)6-7-26(10)28)11-2-4-13(5-3-11)25-19(27)18(24)12-8-14-15(9-12)20(14,22)23;/h2-7,12,14-15,18H,8-9,24H2,1H3,(H,25,27);1H/t12-,14-,15+,18?;. The molecular weight excluding hydrogens is 423 g/mol. The number of rotatable bonds is 4. The predicted molar refractivity (Wildman–Crippen MR) is 109 cm³/mol. The van der Waals surface area contributed by atoms with Gasteiger partial charge in [-0.2, -0.15) is 4.73 Å². The van der Waals surface area contributed by atoms with Gasteiger partial charge in [-0.3, -0.25) is 4.79 Å².